The fraction of sp³-hybridized carbons (Fsp3) is 0.688. The summed E-state index contributed by atoms with van der Waals surface area (Å²) in [5.74, 6) is 1.21. The first-order valence-electron chi connectivity index (χ1n) is 8.00. The second-order valence-corrected chi connectivity index (χ2v) is 5.53. The molecule has 6 heteroatoms. The molecule has 1 fully saturated rings. The number of aliphatic hydroxyl groups is 1. The van der Waals surface area contributed by atoms with Gasteiger partial charge in [0.15, 0.2) is 5.76 Å². The molecule has 6 nitrogen and oxygen atoms in total. The van der Waals surface area contributed by atoms with Crippen molar-refractivity contribution in [2.75, 3.05) is 45.9 Å². The highest BCUT2D eigenvalue weighted by Gasteiger charge is 2.25. The molecule has 0 saturated carbocycles. The van der Waals surface area contributed by atoms with E-state index in [1.54, 1.807) is 6.07 Å². The molecule has 2 heterocycles. The molecule has 1 saturated heterocycles. The van der Waals surface area contributed by atoms with Gasteiger partial charge in [0.2, 0.25) is 0 Å². The van der Waals surface area contributed by atoms with Gasteiger partial charge in [-0.15, -0.1) is 0 Å². The number of amides is 1. The van der Waals surface area contributed by atoms with Crippen molar-refractivity contribution in [1.82, 2.24) is 9.80 Å². The quantitative estimate of drug-likeness (QED) is 0.814. The SMILES string of the molecule is CCOC[C@H](O)CN1CCN(C(=O)c2ccc(CC)o2)CC1. The molecule has 1 atom stereocenters. The normalized spacial score (nSPS) is 17.7. The van der Waals surface area contributed by atoms with Crippen LogP contribution >= 0.6 is 0 Å². The Labute approximate surface area is 131 Å². The van der Waals surface area contributed by atoms with Gasteiger partial charge in [-0.2, -0.15) is 0 Å². The largest absolute Gasteiger partial charge is 0.456 e. The Kier molecular flexibility index (Phi) is 6.42. The molecule has 124 valence electrons. The number of aliphatic hydroxyl groups excluding tert-OH is 1. The summed E-state index contributed by atoms with van der Waals surface area (Å²) in [5, 5.41) is 9.85. The van der Waals surface area contributed by atoms with E-state index in [2.05, 4.69) is 4.90 Å². The number of rotatable bonds is 7. The lowest BCUT2D eigenvalue weighted by Crippen LogP contribution is -2.50. The van der Waals surface area contributed by atoms with E-state index < -0.39 is 6.10 Å². The van der Waals surface area contributed by atoms with Crippen molar-refractivity contribution in [1.29, 1.82) is 0 Å². The number of piperazine rings is 1. The van der Waals surface area contributed by atoms with Crippen LogP contribution < -0.4 is 0 Å². The van der Waals surface area contributed by atoms with Crippen molar-refractivity contribution in [2.45, 2.75) is 26.4 Å². The average molecular weight is 310 g/mol. The van der Waals surface area contributed by atoms with Crippen LogP contribution in [0.5, 0.6) is 0 Å². The second-order valence-electron chi connectivity index (χ2n) is 5.53. The van der Waals surface area contributed by atoms with Crippen LogP contribution in [0.25, 0.3) is 0 Å². The summed E-state index contributed by atoms with van der Waals surface area (Å²) >= 11 is 0. The number of ether oxygens (including phenoxy) is 1. The van der Waals surface area contributed by atoms with Gasteiger partial charge in [0.1, 0.15) is 5.76 Å². The lowest BCUT2D eigenvalue weighted by Gasteiger charge is -2.35. The second kappa shape index (κ2) is 8.31. The number of nitrogens with zero attached hydrogens (tertiary/aromatic N) is 2. The Morgan fingerprint density at radius 3 is 2.64 bits per heavy atom. The van der Waals surface area contributed by atoms with Crippen molar-refractivity contribution in [3.05, 3.63) is 23.7 Å². The Bertz CT molecular complexity index is 466. The number of hydrogen-bond acceptors (Lipinski definition) is 5. The molecule has 0 radical (unpaired) electrons. The van der Waals surface area contributed by atoms with Gasteiger partial charge in [-0.1, -0.05) is 6.92 Å². The van der Waals surface area contributed by atoms with Gasteiger partial charge in [-0.05, 0) is 19.1 Å². The van der Waals surface area contributed by atoms with E-state index in [1.165, 1.54) is 0 Å². The summed E-state index contributed by atoms with van der Waals surface area (Å²) in [6.45, 7) is 8.30. The van der Waals surface area contributed by atoms with Gasteiger partial charge in [-0.25, -0.2) is 0 Å². The van der Waals surface area contributed by atoms with Crippen LogP contribution in [0, 0.1) is 0 Å². The third kappa shape index (κ3) is 4.56. The van der Waals surface area contributed by atoms with Crippen molar-refractivity contribution in [3.8, 4) is 0 Å². The maximum absolute atomic E-state index is 12.3. The monoisotopic (exact) mass is 310 g/mol. The van der Waals surface area contributed by atoms with Gasteiger partial charge >= 0.3 is 0 Å². The maximum Gasteiger partial charge on any atom is 0.289 e. The molecule has 0 spiro atoms. The van der Waals surface area contributed by atoms with E-state index in [1.807, 2.05) is 24.8 Å². The van der Waals surface area contributed by atoms with E-state index >= 15 is 0 Å². The van der Waals surface area contributed by atoms with Crippen LogP contribution in [0.4, 0.5) is 0 Å². The van der Waals surface area contributed by atoms with Gasteiger partial charge in [-0.3, -0.25) is 9.69 Å². The molecule has 1 N–H and O–H groups in total. The summed E-state index contributed by atoms with van der Waals surface area (Å²) < 4.78 is 10.7. The molecule has 1 aromatic rings. The minimum absolute atomic E-state index is 0.0470. The van der Waals surface area contributed by atoms with E-state index in [-0.39, 0.29) is 5.91 Å². The van der Waals surface area contributed by atoms with Gasteiger partial charge in [0.25, 0.3) is 5.91 Å². The molecular formula is C16H26N2O4. The summed E-state index contributed by atoms with van der Waals surface area (Å²) in [4.78, 5) is 16.3. The molecule has 1 aromatic heterocycles. The highest BCUT2D eigenvalue weighted by Crippen LogP contribution is 2.13. The molecule has 0 bridgehead atoms. The van der Waals surface area contributed by atoms with Crippen LogP contribution in [-0.2, 0) is 11.2 Å². The zero-order valence-electron chi connectivity index (χ0n) is 13.5. The van der Waals surface area contributed by atoms with Crippen LogP contribution in [0.2, 0.25) is 0 Å². The summed E-state index contributed by atoms with van der Waals surface area (Å²) in [5.41, 5.74) is 0. The van der Waals surface area contributed by atoms with Crippen LogP contribution in [0.1, 0.15) is 30.2 Å². The third-order valence-corrected chi connectivity index (χ3v) is 3.86. The molecule has 0 aliphatic carbocycles. The highest BCUT2D eigenvalue weighted by atomic mass is 16.5. The van der Waals surface area contributed by atoms with E-state index in [0.29, 0.717) is 38.6 Å². The van der Waals surface area contributed by atoms with Crippen molar-refractivity contribution >= 4 is 5.91 Å². The zero-order chi connectivity index (χ0) is 15.9. The minimum Gasteiger partial charge on any atom is -0.456 e. The number of furan rings is 1. The molecule has 1 aliphatic rings. The summed E-state index contributed by atoms with van der Waals surface area (Å²) in [6.07, 6.45) is 0.318. The lowest BCUT2D eigenvalue weighted by atomic mass is 10.2. The molecule has 0 aromatic carbocycles. The molecular weight excluding hydrogens is 284 g/mol. The van der Waals surface area contributed by atoms with Crippen molar-refractivity contribution < 1.29 is 19.1 Å². The third-order valence-electron chi connectivity index (χ3n) is 3.86. The number of carbonyl (C=O) groups excluding carboxylic acids is 1. The molecule has 2 rings (SSSR count). The first-order valence-corrected chi connectivity index (χ1v) is 8.00. The average Bonchev–Trinajstić information content (AvgIpc) is 3.02. The summed E-state index contributed by atoms with van der Waals surface area (Å²) in [7, 11) is 0. The highest BCUT2D eigenvalue weighted by molar-refractivity contribution is 5.91. The maximum atomic E-state index is 12.3. The summed E-state index contributed by atoms with van der Waals surface area (Å²) in [6, 6.07) is 3.60. The fourth-order valence-corrected chi connectivity index (χ4v) is 2.58. The number of aryl methyl sites for hydroxylation is 1. The van der Waals surface area contributed by atoms with Gasteiger partial charge < -0.3 is 19.2 Å². The molecule has 1 aliphatic heterocycles. The Morgan fingerprint density at radius 1 is 1.32 bits per heavy atom. The van der Waals surface area contributed by atoms with Crippen LogP contribution in [0.15, 0.2) is 16.5 Å². The first-order chi connectivity index (χ1) is 10.6. The zero-order valence-corrected chi connectivity index (χ0v) is 13.5. The first kappa shape index (κ1) is 17.0. The number of hydrogen-bond donors (Lipinski definition) is 1. The predicted molar refractivity (Wildman–Crippen MR) is 82.9 cm³/mol. The lowest BCUT2D eigenvalue weighted by molar-refractivity contribution is 0.0107. The van der Waals surface area contributed by atoms with Gasteiger partial charge in [0.05, 0.1) is 12.7 Å². The topological polar surface area (TPSA) is 66.2 Å². The molecule has 22 heavy (non-hydrogen) atoms. The minimum atomic E-state index is -0.473. The van der Waals surface area contributed by atoms with E-state index in [9.17, 15) is 9.90 Å². The number of carbonyl (C=O) groups is 1. The predicted octanol–water partition coefficient (Wildman–Crippen LogP) is 0.997. The van der Waals surface area contributed by atoms with Gasteiger partial charge in [0, 0.05) is 45.8 Å². The molecule has 1 amide bonds. The smallest absolute Gasteiger partial charge is 0.289 e. The van der Waals surface area contributed by atoms with Crippen LogP contribution in [0.3, 0.4) is 0 Å². The molecule has 0 unspecified atom stereocenters. The van der Waals surface area contributed by atoms with Crippen LogP contribution in [-0.4, -0.2) is 72.9 Å². The Balaban J connectivity index is 1.77. The Morgan fingerprint density at radius 2 is 2.05 bits per heavy atom. The standard InChI is InChI=1S/C16H26N2O4/c1-3-14-5-6-15(22-14)16(20)18-9-7-17(8-10-18)11-13(19)12-21-4-2/h5-6,13,19H,3-4,7-12H2,1-2H3/t13-/m1/s1. The fourth-order valence-electron chi connectivity index (χ4n) is 2.58. The van der Waals surface area contributed by atoms with E-state index in [4.69, 9.17) is 9.15 Å². The Hall–Kier alpha value is -1.37. The van der Waals surface area contributed by atoms with E-state index in [0.717, 1.165) is 25.3 Å². The number of β-amino-alcohol motifs (C(OH)–C–C–N with tert-alkyl or cyclic N) is 1. The van der Waals surface area contributed by atoms with Crippen molar-refractivity contribution in [3.63, 3.8) is 0 Å². The van der Waals surface area contributed by atoms with Crippen molar-refractivity contribution in [2.24, 2.45) is 0 Å².